The summed E-state index contributed by atoms with van der Waals surface area (Å²) >= 11 is 0. The Hall–Kier alpha value is 1.07. The quantitative estimate of drug-likeness (QED) is 0.470. The molecule has 1 saturated carbocycles. The summed E-state index contributed by atoms with van der Waals surface area (Å²) in [5.41, 5.74) is 0. The summed E-state index contributed by atoms with van der Waals surface area (Å²) in [4.78, 5) is 10.2. The van der Waals surface area contributed by atoms with Crippen LogP contribution in [0.2, 0.25) is 0 Å². The second-order valence-electron chi connectivity index (χ2n) is 3.16. The number of hydrogen-bond acceptors (Lipinski definition) is 3. The average molecular weight is 196 g/mol. The Balaban J connectivity index is 0.00000121. The minimum Gasteiger partial charge on any atom is -0.547 e. The van der Waals surface area contributed by atoms with Crippen molar-refractivity contribution >= 4 is 5.97 Å². The van der Waals surface area contributed by atoms with E-state index in [1.165, 1.54) is 0 Å². The van der Waals surface area contributed by atoms with Crippen LogP contribution in [0.3, 0.4) is 0 Å². The number of rotatable bonds is 2. The fourth-order valence-electron chi connectivity index (χ4n) is 1.64. The standard InChI is InChI=1S/C8H14O3.K/c9-7(8(10)11)6-4-2-1-3-5-6;/h6-7,9H,1-5H2,(H,10,11);/q;+1/p-1/t7-;/m1./s1. The summed E-state index contributed by atoms with van der Waals surface area (Å²) in [6.45, 7) is 0. The van der Waals surface area contributed by atoms with E-state index in [1.54, 1.807) is 0 Å². The van der Waals surface area contributed by atoms with Crippen LogP contribution in [-0.4, -0.2) is 17.2 Å². The molecule has 4 heteroatoms. The molecule has 0 aliphatic heterocycles. The van der Waals surface area contributed by atoms with Crippen molar-refractivity contribution in [1.82, 2.24) is 0 Å². The van der Waals surface area contributed by atoms with Gasteiger partial charge in [0.2, 0.25) is 0 Å². The minimum absolute atomic E-state index is 0. The molecule has 0 unspecified atom stereocenters. The molecule has 1 rings (SSSR count). The van der Waals surface area contributed by atoms with Crippen molar-refractivity contribution in [3.05, 3.63) is 0 Å². The maximum absolute atomic E-state index is 10.2. The van der Waals surface area contributed by atoms with Gasteiger partial charge in [-0.2, -0.15) is 0 Å². The van der Waals surface area contributed by atoms with E-state index in [0.29, 0.717) is 0 Å². The third-order valence-electron chi connectivity index (χ3n) is 2.34. The maximum atomic E-state index is 10.2. The van der Waals surface area contributed by atoms with Crippen LogP contribution in [0.25, 0.3) is 0 Å². The molecule has 1 atom stereocenters. The fourth-order valence-corrected chi connectivity index (χ4v) is 1.64. The van der Waals surface area contributed by atoms with Gasteiger partial charge in [0.05, 0.1) is 12.1 Å². The van der Waals surface area contributed by atoms with E-state index in [0.717, 1.165) is 32.1 Å². The third kappa shape index (κ3) is 3.85. The molecule has 0 heterocycles. The third-order valence-corrected chi connectivity index (χ3v) is 2.34. The van der Waals surface area contributed by atoms with Crippen LogP contribution >= 0.6 is 0 Å². The summed E-state index contributed by atoms with van der Waals surface area (Å²) in [5, 5.41) is 19.3. The summed E-state index contributed by atoms with van der Waals surface area (Å²) in [7, 11) is 0. The second-order valence-corrected chi connectivity index (χ2v) is 3.16. The topological polar surface area (TPSA) is 60.4 Å². The van der Waals surface area contributed by atoms with E-state index < -0.39 is 12.1 Å². The first-order valence-electron chi connectivity index (χ1n) is 4.10. The minimum atomic E-state index is -1.32. The Morgan fingerprint density at radius 2 is 1.83 bits per heavy atom. The van der Waals surface area contributed by atoms with E-state index in [9.17, 15) is 9.90 Å². The number of carboxylic acids is 1. The SMILES string of the molecule is O=C([O-])[C@H](O)C1CCCCC1.[K+]. The molecule has 0 spiro atoms. The number of aliphatic hydroxyl groups excluding tert-OH is 1. The summed E-state index contributed by atoms with van der Waals surface area (Å²) < 4.78 is 0. The molecule has 0 amide bonds. The maximum Gasteiger partial charge on any atom is 1.00 e. The zero-order valence-electron chi connectivity index (χ0n) is 7.45. The monoisotopic (exact) mass is 196 g/mol. The molecule has 1 N–H and O–H groups in total. The number of carbonyl (C=O) groups excluding carboxylic acids is 1. The van der Waals surface area contributed by atoms with Gasteiger partial charge in [-0.1, -0.05) is 19.3 Å². The smallest absolute Gasteiger partial charge is 0.547 e. The first kappa shape index (κ1) is 13.1. The van der Waals surface area contributed by atoms with Crippen molar-refractivity contribution in [2.75, 3.05) is 0 Å². The molecule has 0 bridgehead atoms. The van der Waals surface area contributed by atoms with Gasteiger partial charge in [-0.15, -0.1) is 0 Å². The molecule has 1 aliphatic carbocycles. The molecule has 64 valence electrons. The van der Waals surface area contributed by atoms with Gasteiger partial charge >= 0.3 is 51.4 Å². The second kappa shape index (κ2) is 6.51. The van der Waals surface area contributed by atoms with Gasteiger partial charge in [0.15, 0.2) is 0 Å². The van der Waals surface area contributed by atoms with Gasteiger partial charge in [-0.25, -0.2) is 0 Å². The predicted molar refractivity (Wildman–Crippen MR) is 37.6 cm³/mol. The van der Waals surface area contributed by atoms with Gasteiger partial charge in [0.25, 0.3) is 0 Å². The fraction of sp³-hybridized carbons (Fsp3) is 0.875. The van der Waals surface area contributed by atoms with E-state index in [4.69, 9.17) is 5.11 Å². The normalized spacial score (nSPS) is 21.1. The van der Waals surface area contributed by atoms with E-state index in [2.05, 4.69) is 0 Å². The van der Waals surface area contributed by atoms with Crippen LogP contribution in [0.1, 0.15) is 32.1 Å². The Kier molecular flexibility index (Phi) is 7.09. The van der Waals surface area contributed by atoms with Crippen LogP contribution in [0.4, 0.5) is 0 Å². The molecule has 3 nitrogen and oxygen atoms in total. The molecule has 12 heavy (non-hydrogen) atoms. The molecule has 0 radical (unpaired) electrons. The van der Waals surface area contributed by atoms with Gasteiger partial charge < -0.3 is 15.0 Å². The Bertz CT molecular complexity index is 143. The van der Waals surface area contributed by atoms with Gasteiger partial charge in [-0.05, 0) is 18.8 Å². The number of hydrogen-bond donors (Lipinski definition) is 1. The van der Waals surface area contributed by atoms with Crippen molar-refractivity contribution in [1.29, 1.82) is 0 Å². The van der Waals surface area contributed by atoms with Crippen LogP contribution < -0.4 is 56.5 Å². The van der Waals surface area contributed by atoms with Crippen LogP contribution in [0.15, 0.2) is 0 Å². The summed E-state index contributed by atoms with van der Waals surface area (Å²) in [6, 6.07) is 0. The first-order valence-corrected chi connectivity index (χ1v) is 4.10. The Labute approximate surface area is 115 Å². The van der Waals surface area contributed by atoms with Crippen molar-refractivity contribution in [2.24, 2.45) is 5.92 Å². The van der Waals surface area contributed by atoms with Crippen LogP contribution in [0, 0.1) is 5.92 Å². The zero-order chi connectivity index (χ0) is 8.27. The van der Waals surface area contributed by atoms with Crippen molar-refractivity contribution in [2.45, 2.75) is 38.2 Å². The summed E-state index contributed by atoms with van der Waals surface area (Å²) in [6.07, 6.45) is 3.65. The average Bonchev–Trinajstić information content (AvgIpc) is 2.05. The Morgan fingerprint density at radius 1 is 1.33 bits per heavy atom. The van der Waals surface area contributed by atoms with Crippen LogP contribution in [-0.2, 0) is 4.79 Å². The van der Waals surface area contributed by atoms with E-state index in [-0.39, 0.29) is 57.3 Å². The van der Waals surface area contributed by atoms with Crippen molar-refractivity contribution < 1.29 is 66.4 Å². The van der Waals surface area contributed by atoms with E-state index >= 15 is 0 Å². The number of carbonyl (C=O) groups is 1. The van der Waals surface area contributed by atoms with Gasteiger partial charge in [-0.3, -0.25) is 0 Å². The number of carboxylic acid groups (broad SMARTS) is 1. The van der Waals surface area contributed by atoms with Crippen LogP contribution in [0.5, 0.6) is 0 Å². The van der Waals surface area contributed by atoms with Crippen molar-refractivity contribution in [3.63, 3.8) is 0 Å². The largest absolute Gasteiger partial charge is 1.00 e. The first-order chi connectivity index (χ1) is 5.22. The molecule has 0 aromatic rings. The summed E-state index contributed by atoms with van der Waals surface area (Å²) in [5.74, 6) is -1.38. The predicted octanol–water partition coefficient (Wildman–Crippen LogP) is -3.32. The zero-order valence-corrected chi connectivity index (χ0v) is 10.6. The molecule has 0 saturated heterocycles. The van der Waals surface area contributed by atoms with Crippen molar-refractivity contribution in [3.8, 4) is 0 Å². The molecule has 0 aromatic heterocycles. The molecular weight excluding hydrogens is 183 g/mol. The van der Waals surface area contributed by atoms with Gasteiger partial charge in [0, 0.05) is 0 Å². The van der Waals surface area contributed by atoms with Gasteiger partial charge in [0.1, 0.15) is 0 Å². The molecular formula is C8H13KO3. The molecule has 0 aromatic carbocycles. The Morgan fingerprint density at radius 3 is 2.25 bits per heavy atom. The molecule has 1 aliphatic rings. The van der Waals surface area contributed by atoms with E-state index in [1.807, 2.05) is 0 Å². The number of aliphatic hydroxyl groups is 1. The number of aliphatic carboxylic acids is 1. The molecule has 1 fully saturated rings.